The third-order valence-electron chi connectivity index (χ3n) is 5.20. The molecule has 2 aromatic carbocycles. The highest BCUT2D eigenvalue weighted by Crippen LogP contribution is 2.27. The molecule has 0 aliphatic carbocycles. The highest BCUT2D eigenvalue weighted by atomic mass is 16.4. The minimum Gasteiger partial charge on any atom is -0.478 e. The lowest BCUT2D eigenvalue weighted by Crippen LogP contribution is -2.07. The number of benzene rings is 2. The summed E-state index contributed by atoms with van der Waals surface area (Å²) in [6, 6.07) is 15.5. The van der Waals surface area contributed by atoms with Gasteiger partial charge in [0.15, 0.2) is 0 Å². The van der Waals surface area contributed by atoms with Gasteiger partial charge in [-0.3, -0.25) is 0 Å². The number of carboxylic acid groups (broad SMARTS) is 2. The zero-order valence-electron chi connectivity index (χ0n) is 17.2. The third-order valence-corrected chi connectivity index (χ3v) is 5.20. The van der Waals surface area contributed by atoms with Crippen LogP contribution in [0.15, 0.2) is 48.5 Å². The molecule has 0 atom stereocenters. The van der Waals surface area contributed by atoms with E-state index >= 15 is 0 Å². The molecule has 2 heterocycles. The minimum absolute atomic E-state index is 0.121. The van der Waals surface area contributed by atoms with Crippen molar-refractivity contribution in [2.24, 2.45) is 0 Å². The number of aromatic nitrogens is 3. The van der Waals surface area contributed by atoms with Crippen LogP contribution in [0.3, 0.4) is 0 Å². The number of aromatic amines is 1. The molecule has 8 heteroatoms. The molecule has 0 unspecified atom stereocenters. The Morgan fingerprint density at radius 1 is 1.06 bits per heavy atom. The Balaban J connectivity index is 1.84. The van der Waals surface area contributed by atoms with Gasteiger partial charge in [0.05, 0.1) is 27.7 Å². The summed E-state index contributed by atoms with van der Waals surface area (Å²) >= 11 is 0. The summed E-state index contributed by atoms with van der Waals surface area (Å²) in [7, 11) is 0. The number of aryl methyl sites for hydroxylation is 1. The van der Waals surface area contributed by atoms with E-state index in [4.69, 9.17) is 0 Å². The molecule has 0 amide bonds. The number of para-hydroxylation sites is 2. The second kappa shape index (κ2) is 7.89. The van der Waals surface area contributed by atoms with E-state index in [0.29, 0.717) is 17.1 Å². The fourth-order valence-electron chi connectivity index (χ4n) is 3.71. The zero-order valence-corrected chi connectivity index (χ0v) is 17.2. The van der Waals surface area contributed by atoms with Crippen LogP contribution in [0, 0.1) is 25.2 Å². The van der Waals surface area contributed by atoms with Gasteiger partial charge in [0.2, 0.25) is 0 Å². The SMILES string of the molecule is Cc1cc(/C=C(/C#N)c2nc3ccccc3[nH]2)c(C)n1-c1cc(C(=O)O)cc(C(=O)O)c1. The van der Waals surface area contributed by atoms with E-state index in [0.717, 1.165) is 34.1 Å². The van der Waals surface area contributed by atoms with Crippen molar-refractivity contribution in [3.63, 3.8) is 0 Å². The molecule has 4 aromatic rings. The van der Waals surface area contributed by atoms with Crippen molar-refractivity contribution in [1.29, 1.82) is 5.26 Å². The topological polar surface area (TPSA) is 132 Å². The van der Waals surface area contributed by atoms with Gasteiger partial charge in [0, 0.05) is 17.1 Å². The number of aromatic carboxylic acids is 2. The fourth-order valence-corrected chi connectivity index (χ4v) is 3.71. The third kappa shape index (κ3) is 3.63. The van der Waals surface area contributed by atoms with E-state index in [1.807, 2.05) is 44.2 Å². The van der Waals surface area contributed by atoms with Gasteiger partial charge in [-0.05, 0) is 61.9 Å². The maximum atomic E-state index is 11.5. The van der Waals surface area contributed by atoms with Crippen LogP contribution < -0.4 is 0 Å². The number of nitrogens with zero attached hydrogens (tertiary/aromatic N) is 3. The number of hydrogen-bond donors (Lipinski definition) is 3. The fraction of sp³-hybridized carbons (Fsp3) is 0.0833. The van der Waals surface area contributed by atoms with Gasteiger partial charge in [-0.15, -0.1) is 0 Å². The van der Waals surface area contributed by atoms with Crippen LogP contribution in [0.25, 0.3) is 28.4 Å². The molecule has 158 valence electrons. The van der Waals surface area contributed by atoms with Gasteiger partial charge in [-0.1, -0.05) is 12.1 Å². The van der Waals surface area contributed by atoms with Gasteiger partial charge >= 0.3 is 11.9 Å². The van der Waals surface area contributed by atoms with E-state index in [9.17, 15) is 25.1 Å². The molecule has 4 rings (SSSR count). The molecule has 0 bridgehead atoms. The van der Waals surface area contributed by atoms with Crippen molar-refractivity contribution in [2.75, 3.05) is 0 Å². The second-order valence-electron chi connectivity index (χ2n) is 7.31. The lowest BCUT2D eigenvalue weighted by Gasteiger charge is -2.12. The summed E-state index contributed by atoms with van der Waals surface area (Å²) in [5.41, 5.74) is 4.30. The van der Waals surface area contributed by atoms with Crippen LogP contribution in [0.4, 0.5) is 0 Å². The van der Waals surface area contributed by atoms with Gasteiger partial charge in [-0.2, -0.15) is 5.26 Å². The number of carboxylic acids is 2. The monoisotopic (exact) mass is 426 g/mol. The number of hydrogen-bond acceptors (Lipinski definition) is 4. The second-order valence-corrected chi connectivity index (χ2v) is 7.31. The Kier molecular flexibility index (Phi) is 5.08. The molecule has 0 fully saturated rings. The quantitative estimate of drug-likeness (QED) is 0.405. The predicted octanol–water partition coefficient (Wildman–Crippen LogP) is 4.43. The number of allylic oxidation sites excluding steroid dienone is 1. The molecular weight excluding hydrogens is 408 g/mol. The summed E-state index contributed by atoms with van der Waals surface area (Å²) in [4.78, 5) is 30.6. The smallest absolute Gasteiger partial charge is 0.335 e. The van der Waals surface area contributed by atoms with Crippen LogP contribution in [0.2, 0.25) is 0 Å². The zero-order chi connectivity index (χ0) is 23.0. The van der Waals surface area contributed by atoms with Crippen molar-refractivity contribution in [3.05, 3.63) is 82.4 Å². The van der Waals surface area contributed by atoms with Crippen LogP contribution in [-0.2, 0) is 0 Å². The Labute approximate surface area is 182 Å². The maximum Gasteiger partial charge on any atom is 0.335 e. The standard InChI is InChI=1S/C24H18N4O4/c1-13-7-15(8-18(12-25)22-26-20-5-3-4-6-21(20)27-22)14(2)28(13)19-10-16(23(29)30)9-17(11-19)24(31)32/h3-11H,1-2H3,(H,26,27)(H,29,30)(H,31,32)/b18-8-. The number of fused-ring (bicyclic) bond motifs is 1. The molecule has 0 radical (unpaired) electrons. The first-order valence-electron chi connectivity index (χ1n) is 9.66. The molecule has 8 nitrogen and oxygen atoms in total. The Morgan fingerprint density at radius 2 is 1.72 bits per heavy atom. The highest BCUT2D eigenvalue weighted by molar-refractivity contribution is 5.95. The van der Waals surface area contributed by atoms with E-state index in [1.165, 1.54) is 12.1 Å². The maximum absolute atomic E-state index is 11.5. The molecule has 32 heavy (non-hydrogen) atoms. The normalized spacial score (nSPS) is 11.5. The molecule has 0 aliphatic heterocycles. The van der Waals surface area contributed by atoms with Crippen LogP contribution in [-0.4, -0.2) is 36.7 Å². The number of nitriles is 1. The molecule has 3 N–H and O–H groups in total. The minimum atomic E-state index is -1.21. The molecule has 0 spiro atoms. The summed E-state index contributed by atoms with van der Waals surface area (Å²) in [6.07, 6.45) is 1.70. The van der Waals surface area contributed by atoms with E-state index in [-0.39, 0.29) is 11.1 Å². The van der Waals surface area contributed by atoms with E-state index < -0.39 is 11.9 Å². The molecule has 0 aliphatic rings. The first-order chi connectivity index (χ1) is 15.3. The summed E-state index contributed by atoms with van der Waals surface area (Å²) in [5.74, 6) is -1.98. The number of H-pyrrole nitrogens is 1. The predicted molar refractivity (Wildman–Crippen MR) is 119 cm³/mol. The number of rotatable bonds is 5. The van der Waals surface area contributed by atoms with Crippen LogP contribution in [0.5, 0.6) is 0 Å². The van der Waals surface area contributed by atoms with E-state index in [1.54, 1.807) is 10.6 Å². The summed E-state index contributed by atoms with van der Waals surface area (Å²) < 4.78 is 1.76. The number of imidazole rings is 1. The summed E-state index contributed by atoms with van der Waals surface area (Å²) in [5, 5.41) is 28.5. The van der Waals surface area contributed by atoms with Crippen molar-refractivity contribution < 1.29 is 19.8 Å². The van der Waals surface area contributed by atoms with Crippen molar-refractivity contribution in [3.8, 4) is 11.8 Å². The van der Waals surface area contributed by atoms with Crippen molar-refractivity contribution >= 4 is 34.6 Å². The number of carbonyl (C=O) groups is 2. The van der Waals surface area contributed by atoms with Gasteiger partial charge in [-0.25, -0.2) is 14.6 Å². The Bertz CT molecular complexity index is 1400. The molecule has 0 saturated carbocycles. The first kappa shape index (κ1) is 20.6. The summed E-state index contributed by atoms with van der Waals surface area (Å²) in [6.45, 7) is 3.64. The molecular formula is C24H18N4O4. The van der Waals surface area contributed by atoms with Crippen molar-refractivity contribution in [2.45, 2.75) is 13.8 Å². The molecule has 2 aromatic heterocycles. The average Bonchev–Trinajstić information content (AvgIpc) is 3.31. The Morgan fingerprint density at radius 3 is 2.31 bits per heavy atom. The lowest BCUT2D eigenvalue weighted by atomic mass is 10.1. The molecule has 0 saturated heterocycles. The number of nitrogens with one attached hydrogen (secondary N) is 1. The van der Waals surface area contributed by atoms with E-state index in [2.05, 4.69) is 16.0 Å². The van der Waals surface area contributed by atoms with Crippen LogP contribution in [0.1, 0.15) is 43.5 Å². The van der Waals surface area contributed by atoms with Crippen molar-refractivity contribution in [1.82, 2.24) is 14.5 Å². The first-order valence-corrected chi connectivity index (χ1v) is 9.66. The van der Waals surface area contributed by atoms with Gasteiger partial charge in [0.25, 0.3) is 0 Å². The van der Waals surface area contributed by atoms with Gasteiger partial charge in [0.1, 0.15) is 11.9 Å². The largest absolute Gasteiger partial charge is 0.478 e. The Hall–Kier alpha value is -4.64. The lowest BCUT2D eigenvalue weighted by molar-refractivity contribution is 0.0696. The highest BCUT2D eigenvalue weighted by Gasteiger charge is 2.17. The van der Waals surface area contributed by atoms with Crippen LogP contribution >= 0.6 is 0 Å². The van der Waals surface area contributed by atoms with Gasteiger partial charge < -0.3 is 19.8 Å². The average molecular weight is 426 g/mol.